The summed E-state index contributed by atoms with van der Waals surface area (Å²) in [6, 6.07) is 5.62. The van der Waals surface area contributed by atoms with Crippen LogP contribution in [0.5, 0.6) is 11.5 Å². The molecule has 1 aliphatic carbocycles. The molecule has 7 nitrogen and oxygen atoms in total. The van der Waals surface area contributed by atoms with Crippen molar-refractivity contribution in [2.75, 3.05) is 42.0 Å². The summed E-state index contributed by atoms with van der Waals surface area (Å²) in [6.07, 6.45) is 1.72. The lowest BCUT2D eigenvalue weighted by Gasteiger charge is -2.33. The van der Waals surface area contributed by atoms with E-state index in [0.29, 0.717) is 11.5 Å². The Kier molecular flexibility index (Phi) is 7.47. The van der Waals surface area contributed by atoms with Crippen LogP contribution in [0.2, 0.25) is 0 Å². The lowest BCUT2D eigenvalue weighted by atomic mass is 9.73. The van der Waals surface area contributed by atoms with E-state index in [1.54, 1.807) is 21.3 Å². The number of carbonyl (C=O) groups excluding carboxylic acids is 1. The molecule has 0 aliphatic heterocycles. The minimum absolute atomic E-state index is 0.0334. The van der Waals surface area contributed by atoms with E-state index in [9.17, 15) is 4.79 Å². The van der Waals surface area contributed by atoms with Crippen LogP contribution in [-0.4, -0.2) is 52.9 Å². The fourth-order valence-electron chi connectivity index (χ4n) is 3.86. The number of hydrogen-bond donors (Lipinski definition) is 0. The second-order valence-electron chi connectivity index (χ2n) is 7.43. The van der Waals surface area contributed by atoms with Crippen molar-refractivity contribution in [1.29, 1.82) is 0 Å². The van der Waals surface area contributed by atoms with Gasteiger partial charge in [0.05, 0.1) is 7.11 Å². The first-order chi connectivity index (χ1) is 12.9. The second-order valence-corrected chi connectivity index (χ2v) is 7.43. The smallest absolute Gasteiger partial charge is 0.249 e. The number of ether oxygens (including phenoxy) is 4. The van der Waals surface area contributed by atoms with E-state index in [1.807, 2.05) is 18.2 Å². The topological polar surface area (TPSA) is 66.5 Å². The minimum atomic E-state index is -0.201. The van der Waals surface area contributed by atoms with Crippen molar-refractivity contribution in [3.63, 3.8) is 0 Å². The highest BCUT2D eigenvalue weighted by atomic mass is 16.7. The van der Waals surface area contributed by atoms with E-state index in [0.717, 1.165) is 18.4 Å². The molecular weight excluding hydrogens is 350 g/mol. The van der Waals surface area contributed by atoms with E-state index in [-0.39, 0.29) is 36.7 Å². The molecule has 0 radical (unpaired) electrons. The van der Waals surface area contributed by atoms with Gasteiger partial charge in [0, 0.05) is 38.7 Å². The molecule has 2 rings (SSSR count). The molecule has 0 heterocycles. The predicted molar refractivity (Wildman–Crippen MR) is 100 cm³/mol. The van der Waals surface area contributed by atoms with Crippen LogP contribution in [0.4, 0.5) is 0 Å². The molecule has 152 valence electrons. The van der Waals surface area contributed by atoms with Crippen molar-refractivity contribution in [3.8, 4) is 11.5 Å². The lowest BCUT2D eigenvalue weighted by Crippen LogP contribution is -2.35. The molecule has 2 atom stereocenters. The van der Waals surface area contributed by atoms with Gasteiger partial charge in [-0.1, -0.05) is 13.8 Å². The molecule has 0 aromatic heterocycles. The Morgan fingerprint density at radius 1 is 1.15 bits per heavy atom. The molecule has 1 aromatic rings. The summed E-state index contributed by atoms with van der Waals surface area (Å²) < 4.78 is 21.5. The van der Waals surface area contributed by atoms with E-state index < -0.39 is 0 Å². The van der Waals surface area contributed by atoms with Gasteiger partial charge in [-0.2, -0.15) is 0 Å². The first-order valence-corrected chi connectivity index (χ1v) is 9.04. The number of amides is 1. The molecule has 1 aromatic carbocycles. The zero-order valence-electron chi connectivity index (χ0n) is 17.1. The maximum atomic E-state index is 12.9. The Morgan fingerprint density at radius 2 is 1.81 bits per heavy atom. The van der Waals surface area contributed by atoms with Gasteiger partial charge in [-0.15, -0.1) is 0 Å². The number of rotatable bonds is 9. The average molecular weight is 381 g/mol. The van der Waals surface area contributed by atoms with Crippen molar-refractivity contribution in [1.82, 2.24) is 5.06 Å². The number of carbonyl (C=O) groups is 1. The van der Waals surface area contributed by atoms with Crippen LogP contribution < -0.4 is 9.47 Å². The van der Waals surface area contributed by atoms with Crippen LogP contribution in [0.1, 0.15) is 38.2 Å². The molecule has 0 bridgehead atoms. The largest absolute Gasteiger partial charge is 0.468 e. The van der Waals surface area contributed by atoms with Crippen LogP contribution in [0.3, 0.4) is 0 Å². The highest BCUT2D eigenvalue weighted by molar-refractivity contribution is 5.79. The van der Waals surface area contributed by atoms with Gasteiger partial charge in [-0.05, 0) is 36.5 Å². The van der Waals surface area contributed by atoms with Gasteiger partial charge in [0.15, 0.2) is 13.6 Å². The van der Waals surface area contributed by atoms with Gasteiger partial charge in [0.25, 0.3) is 0 Å². The number of methoxy groups -OCH3 is 2. The Labute approximate surface area is 161 Å². The van der Waals surface area contributed by atoms with Crippen LogP contribution in [0.15, 0.2) is 18.2 Å². The van der Waals surface area contributed by atoms with Gasteiger partial charge >= 0.3 is 0 Å². The van der Waals surface area contributed by atoms with Gasteiger partial charge < -0.3 is 18.9 Å². The number of hydrogen-bond acceptors (Lipinski definition) is 6. The Hall–Kier alpha value is -1.83. The first-order valence-electron chi connectivity index (χ1n) is 9.04. The zero-order valence-corrected chi connectivity index (χ0v) is 17.1. The second kappa shape index (κ2) is 9.39. The predicted octanol–water partition coefficient (Wildman–Crippen LogP) is 3.19. The van der Waals surface area contributed by atoms with Gasteiger partial charge in [-0.3, -0.25) is 9.63 Å². The fourth-order valence-corrected chi connectivity index (χ4v) is 3.86. The third kappa shape index (κ3) is 4.91. The van der Waals surface area contributed by atoms with Crippen LogP contribution >= 0.6 is 0 Å². The highest BCUT2D eigenvalue weighted by Crippen LogP contribution is 2.55. The van der Waals surface area contributed by atoms with E-state index in [2.05, 4.69) is 13.8 Å². The maximum absolute atomic E-state index is 12.9. The van der Waals surface area contributed by atoms with Crippen molar-refractivity contribution in [3.05, 3.63) is 23.8 Å². The molecular formula is C20H31NO6. The normalized spacial score (nSPS) is 21.1. The summed E-state index contributed by atoms with van der Waals surface area (Å²) in [5, 5.41) is 1.31. The summed E-state index contributed by atoms with van der Waals surface area (Å²) >= 11 is 0. The molecule has 1 aliphatic rings. The maximum Gasteiger partial charge on any atom is 0.249 e. The fraction of sp³-hybridized carbons (Fsp3) is 0.650. The Morgan fingerprint density at radius 3 is 2.44 bits per heavy atom. The van der Waals surface area contributed by atoms with Crippen molar-refractivity contribution in [2.45, 2.75) is 32.6 Å². The molecule has 1 saturated carbocycles. The summed E-state index contributed by atoms with van der Waals surface area (Å²) in [4.78, 5) is 18.1. The SMILES string of the molecule is COCOc1ccc(OCOC)c(C2C(C(=O)N(C)OC)CCC2(C)C)c1. The van der Waals surface area contributed by atoms with Crippen LogP contribution in [0.25, 0.3) is 0 Å². The lowest BCUT2D eigenvalue weighted by molar-refractivity contribution is -0.174. The van der Waals surface area contributed by atoms with Crippen LogP contribution in [0, 0.1) is 11.3 Å². The monoisotopic (exact) mass is 381 g/mol. The summed E-state index contributed by atoms with van der Waals surface area (Å²) in [5.41, 5.74) is 0.853. The molecule has 0 spiro atoms. The minimum Gasteiger partial charge on any atom is -0.468 e. The summed E-state index contributed by atoms with van der Waals surface area (Å²) in [7, 11) is 6.30. The van der Waals surface area contributed by atoms with Crippen molar-refractivity contribution < 1.29 is 28.6 Å². The van der Waals surface area contributed by atoms with Crippen LogP contribution in [-0.2, 0) is 19.1 Å². The van der Waals surface area contributed by atoms with E-state index >= 15 is 0 Å². The Balaban J connectivity index is 2.46. The van der Waals surface area contributed by atoms with Crippen molar-refractivity contribution >= 4 is 5.91 Å². The number of nitrogens with zero attached hydrogens (tertiary/aromatic N) is 1. The molecule has 7 heteroatoms. The molecule has 1 amide bonds. The number of hydroxylamine groups is 2. The van der Waals surface area contributed by atoms with Gasteiger partial charge in [0.1, 0.15) is 11.5 Å². The standard InChI is InChI=1S/C20H31NO6/c1-20(2)10-9-15(19(22)21(3)25-6)18(20)16-11-14(26-12-23-4)7-8-17(16)27-13-24-5/h7-8,11,15,18H,9-10,12-13H2,1-6H3. The Bertz CT molecular complexity index is 633. The number of benzene rings is 1. The zero-order chi connectivity index (χ0) is 20.0. The van der Waals surface area contributed by atoms with E-state index in [4.69, 9.17) is 23.8 Å². The highest BCUT2D eigenvalue weighted by Gasteiger charge is 2.48. The average Bonchev–Trinajstić information content (AvgIpc) is 2.98. The summed E-state index contributed by atoms with van der Waals surface area (Å²) in [5.74, 6) is 1.09. The molecule has 2 unspecified atom stereocenters. The molecule has 1 fully saturated rings. The summed E-state index contributed by atoms with van der Waals surface area (Å²) in [6.45, 7) is 4.65. The molecule has 27 heavy (non-hydrogen) atoms. The molecule has 0 saturated heterocycles. The third-order valence-electron chi connectivity index (χ3n) is 5.24. The van der Waals surface area contributed by atoms with Crippen molar-refractivity contribution in [2.24, 2.45) is 11.3 Å². The third-order valence-corrected chi connectivity index (χ3v) is 5.24. The van der Waals surface area contributed by atoms with Gasteiger partial charge in [0.2, 0.25) is 5.91 Å². The van der Waals surface area contributed by atoms with E-state index in [1.165, 1.54) is 12.2 Å². The van der Waals surface area contributed by atoms with Gasteiger partial charge in [-0.25, -0.2) is 5.06 Å². The quantitative estimate of drug-likeness (QED) is 0.483. The molecule has 0 N–H and O–H groups in total. The first kappa shape index (κ1) is 21.5.